The van der Waals surface area contributed by atoms with E-state index < -0.39 is 5.56 Å². The van der Waals surface area contributed by atoms with Gasteiger partial charge in [-0.2, -0.15) is 0 Å². The van der Waals surface area contributed by atoms with E-state index in [0.29, 0.717) is 10.5 Å². The van der Waals surface area contributed by atoms with Crippen molar-refractivity contribution in [2.24, 2.45) is 0 Å². The molecule has 14 heavy (non-hydrogen) atoms. The summed E-state index contributed by atoms with van der Waals surface area (Å²) in [5.41, 5.74) is 0.976. The fourth-order valence-corrected chi connectivity index (χ4v) is 1.54. The van der Waals surface area contributed by atoms with Gasteiger partial charge < -0.3 is 10.1 Å². The van der Waals surface area contributed by atoms with Crippen LogP contribution in [-0.2, 0) is 0 Å². The maximum absolute atomic E-state index is 11.1. The molecular formula is C10H8ClNO2. The lowest BCUT2D eigenvalue weighted by Gasteiger charge is -2.03. The lowest BCUT2D eigenvalue weighted by molar-refractivity contribution is 0.468. The molecule has 0 radical (unpaired) electrons. The molecule has 2 rings (SSSR count). The van der Waals surface area contributed by atoms with E-state index in [9.17, 15) is 9.90 Å². The minimum atomic E-state index is -0.497. The molecule has 1 aromatic heterocycles. The standard InChI is InChI=1S/C10H8ClNO2/c1-5-7(11)3-2-6-4-8(13)10(14)12-9(5)6/h2-4,13H,1H3,(H,12,14). The molecule has 1 aromatic carbocycles. The number of H-pyrrole nitrogens is 1. The lowest BCUT2D eigenvalue weighted by Crippen LogP contribution is -2.05. The molecular weight excluding hydrogens is 202 g/mol. The number of benzene rings is 1. The number of rotatable bonds is 0. The van der Waals surface area contributed by atoms with Crippen molar-refractivity contribution in [3.8, 4) is 5.75 Å². The van der Waals surface area contributed by atoms with Crippen molar-refractivity contribution in [3.63, 3.8) is 0 Å². The Kier molecular flexibility index (Phi) is 1.97. The summed E-state index contributed by atoms with van der Waals surface area (Å²) in [6, 6.07) is 4.91. The molecule has 0 spiro atoms. The van der Waals surface area contributed by atoms with Gasteiger partial charge in [-0.1, -0.05) is 17.7 Å². The summed E-state index contributed by atoms with van der Waals surface area (Å²) in [6.07, 6.45) is 0. The van der Waals surface area contributed by atoms with E-state index in [4.69, 9.17) is 11.6 Å². The molecule has 0 unspecified atom stereocenters. The fraction of sp³-hybridized carbons (Fsp3) is 0.100. The average molecular weight is 210 g/mol. The molecule has 4 heteroatoms. The summed E-state index contributed by atoms with van der Waals surface area (Å²) < 4.78 is 0. The van der Waals surface area contributed by atoms with Gasteiger partial charge in [0.15, 0.2) is 5.75 Å². The number of hydrogen-bond donors (Lipinski definition) is 2. The van der Waals surface area contributed by atoms with Gasteiger partial charge in [-0.25, -0.2) is 0 Å². The summed E-state index contributed by atoms with van der Waals surface area (Å²) in [5, 5.41) is 10.6. The van der Waals surface area contributed by atoms with Crippen molar-refractivity contribution < 1.29 is 5.11 Å². The van der Waals surface area contributed by atoms with Gasteiger partial charge in [-0.15, -0.1) is 0 Å². The summed E-state index contributed by atoms with van der Waals surface area (Å²) >= 11 is 5.90. The van der Waals surface area contributed by atoms with E-state index in [0.717, 1.165) is 10.9 Å². The first-order chi connectivity index (χ1) is 6.59. The number of aromatic hydroxyl groups is 1. The van der Waals surface area contributed by atoms with Crippen LogP contribution in [0.3, 0.4) is 0 Å². The number of pyridine rings is 1. The smallest absolute Gasteiger partial charge is 0.290 e. The number of nitrogens with one attached hydrogen (secondary N) is 1. The quantitative estimate of drug-likeness (QED) is 0.699. The first kappa shape index (κ1) is 9.09. The van der Waals surface area contributed by atoms with Gasteiger partial charge in [-0.3, -0.25) is 4.79 Å². The largest absolute Gasteiger partial charge is 0.503 e. The van der Waals surface area contributed by atoms with Crippen molar-refractivity contribution in [2.75, 3.05) is 0 Å². The Balaban J connectivity index is 2.97. The Morgan fingerprint density at radius 3 is 2.86 bits per heavy atom. The summed E-state index contributed by atoms with van der Waals surface area (Å²) in [7, 11) is 0. The maximum Gasteiger partial charge on any atom is 0.290 e. The third-order valence-corrected chi connectivity index (χ3v) is 2.60. The zero-order valence-electron chi connectivity index (χ0n) is 7.47. The van der Waals surface area contributed by atoms with Crippen LogP contribution in [0.4, 0.5) is 0 Å². The van der Waals surface area contributed by atoms with E-state index in [1.807, 2.05) is 6.92 Å². The number of fused-ring (bicyclic) bond motifs is 1. The molecule has 0 atom stereocenters. The van der Waals surface area contributed by atoms with Crippen LogP contribution in [0.15, 0.2) is 23.0 Å². The Morgan fingerprint density at radius 1 is 1.43 bits per heavy atom. The monoisotopic (exact) mass is 209 g/mol. The second-order valence-electron chi connectivity index (χ2n) is 3.12. The van der Waals surface area contributed by atoms with Crippen molar-refractivity contribution in [1.29, 1.82) is 0 Å². The first-order valence-electron chi connectivity index (χ1n) is 4.10. The Bertz CT molecular complexity index is 560. The number of halogens is 1. The SMILES string of the molecule is Cc1c(Cl)ccc2cc(O)c(=O)[nH]c12. The van der Waals surface area contributed by atoms with Crippen LogP contribution in [0.5, 0.6) is 5.75 Å². The van der Waals surface area contributed by atoms with Crippen LogP contribution in [0.1, 0.15) is 5.56 Å². The Hall–Kier alpha value is -1.48. The van der Waals surface area contributed by atoms with Crippen molar-refractivity contribution in [2.45, 2.75) is 6.92 Å². The highest BCUT2D eigenvalue weighted by Gasteiger charge is 2.05. The second kappa shape index (κ2) is 3.03. The van der Waals surface area contributed by atoms with Crippen LogP contribution in [0.2, 0.25) is 5.02 Å². The summed E-state index contributed by atoms with van der Waals surface area (Å²) in [5.74, 6) is -0.278. The highest BCUT2D eigenvalue weighted by Crippen LogP contribution is 2.23. The van der Waals surface area contributed by atoms with Gasteiger partial charge in [-0.05, 0) is 24.6 Å². The molecule has 0 bridgehead atoms. The van der Waals surface area contributed by atoms with Crippen molar-refractivity contribution in [3.05, 3.63) is 39.1 Å². The van der Waals surface area contributed by atoms with E-state index >= 15 is 0 Å². The van der Waals surface area contributed by atoms with Gasteiger partial charge in [0.05, 0.1) is 5.52 Å². The third kappa shape index (κ3) is 1.26. The average Bonchev–Trinajstić information content (AvgIpc) is 2.15. The predicted molar refractivity (Wildman–Crippen MR) is 56.0 cm³/mol. The molecule has 0 fully saturated rings. The first-order valence-corrected chi connectivity index (χ1v) is 4.48. The molecule has 0 saturated heterocycles. The number of aromatic nitrogens is 1. The maximum atomic E-state index is 11.1. The fourth-order valence-electron chi connectivity index (χ4n) is 1.38. The summed E-state index contributed by atoms with van der Waals surface area (Å²) in [4.78, 5) is 13.7. The Labute approximate surface area is 85.0 Å². The van der Waals surface area contributed by atoms with Gasteiger partial charge in [0.25, 0.3) is 5.56 Å². The molecule has 3 nitrogen and oxygen atoms in total. The number of hydrogen-bond acceptors (Lipinski definition) is 2. The number of aromatic amines is 1. The molecule has 1 heterocycles. The van der Waals surface area contributed by atoms with Crippen LogP contribution in [0, 0.1) is 6.92 Å². The topological polar surface area (TPSA) is 53.1 Å². The minimum absolute atomic E-state index is 0.278. The van der Waals surface area contributed by atoms with Gasteiger partial charge in [0.2, 0.25) is 0 Å². The molecule has 0 aliphatic carbocycles. The lowest BCUT2D eigenvalue weighted by atomic mass is 10.1. The summed E-state index contributed by atoms with van der Waals surface area (Å²) in [6.45, 7) is 1.82. The minimum Gasteiger partial charge on any atom is -0.503 e. The number of aryl methyl sites for hydroxylation is 1. The van der Waals surface area contributed by atoms with E-state index in [2.05, 4.69) is 4.98 Å². The van der Waals surface area contributed by atoms with Crippen LogP contribution in [0.25, 0.3) is 10.9 Å². The van der Waals surface area contributed by atoms with Crippen molar-refractivity contribution in [1.82, 2.24) is 4.98 Å². The van der Waals surface area contributed by atoms with Gasteiger partial charge in [0.1, 0.15) is 0 Å². The molecule has 0 aliphatic rings. The normalized spacial score (nSPS) is 10.7. The molecule has 2 aromatic rings. The van der Waals surface area contributed by atoms with E-state index in [1.165, 1.54) is 6.07 Å². The molecule has 0 aliphatic heterocycles. The molecule has 2 N–H and O–H groups in total. The van der Waals surface area contributed by atoms with Crippen LogP contribution in [-0.4, -0.2) is 10.1 Å². The Morgan fingerprint density at radius 2 is 2.14 bits per heavy atom. The molecule has 0 amide bonds. The molecule has 0 saturated carbocycles. The second-order valence-corrected chi connectivity index (χ2v) is 3.53. The van der Waals surface area contributed by atoms with Gasteiger partial charge >= 0.3 is 0 Å². The van der Waals surface area contributed by atoms with Crippen LogP contribution >= 0.6 is 11.6 Å². The highest BCUT2D eigenvalue weighted by molar-refractivity contribution is 6.32. The van der Waals surface area contributed by atoms with Gasteiger partial charge in [0, 0.05) is 10.4 Å². The highest BCUT2D eigenvalue weighted by atomic mass is 35.5. The van der Waals surface area contributed by atoms with E-state index in [-0.39, 0.29) is 5.75 Å². The van der Waals surface area contributed by atoms with E-state index in [1.54, 1.807) is 12.1 Å². The predicted octanol–water partition coefficient (Wildman–Crippen LogP) is 2.20. The zero-order valence-corrected chi connectivity index (χ0v) is 8.22. The molecule has 72 valence electrons. The van der Waals surface area contributed by atoms with Crippen LogP contribution < -0.4 is 5.56 Å². The third-order valence-electron chi connectivity index (χ3n) is 2.19. The zero-order chi connectivity index (χ0) is 10.3. The van der Waals surface area contributed by atoms with Crippen molar-refractivity contribution >= 4 is 22.5 Å².